The summed E-state index contributed by atoms with van der Waals surface area (Å²) in [5.41, 5.74) is 1.60. The summed E-state index contributed by atoms with van der Waals surface area (Å²) in [5, 5.41) is 18.0. The van der Waals surface area contributed by atoms with Crippen LogP contribution < -0.4 is 10.1 Å². The van der Waals surface area contributed by atoms with E-state index in [1.165, 1.54) is 19.2 Å². The number of benzene rings is 1. The summed E-state index contributed by atoms with van der Waals surface area (Å²) in [6, 6.07) is 6.44. The van der Waals surface area contributed by atoms with E-state index in [4.69, 9.17) is 4.74 Å². The molecule has 7 nitrogen and oxygen atoms in total. The molecule has 0 fully saturated rings. The van der Waals surface area contributed by atoms with Gasteiger partial charge in [0.2, 0.25) is 0 Å². The molecule has 0 aliphatic carbocycles. The summed E-state index contributed by atoms with van der Waals surface area (Å²) in [7, 11) is 3.31. The van der Waals surface area contributed by atoms with E-state index in [9.17, 15) is 10.1 Å². The zero-order chi connectivity index (χ0) is 13.8. The van der Waals surface area contributed by atoms with Crippen LogP contribution in [-0.4, -0.2) is 21.8 Å². The lowest BCUT2D eigenvalue weighted by atomic mass is 10.2. The highest BCUT2D eigenvalue weighted by Gasteiger charge is 2.10. The fourth-order valence-electron chi connectivity index (χ4n) is 1.68. The zero-order valence-corrected chi connectivity index (χ0v) is 10.7. The first-order valence-corrected chi connectivity index (χ1v) is 5.64. The van der Waals surface area contributed by atoms with Crippen LogP contribution in [0.2, 0.25) is 0 Å². The molecule has 100 valence electrons. The van der Waals surface area contributed by atoms with E-state index >= 15 is 0 Å². The number of non-ortho nitro benzene ring substituents is 1. The fraction of sp³-hybridized carbons (Fsp3) is 0.250. The molecule has 2 aromatic rings. The van der Waals surface area contributed by atoms with Gasteiger partial charge in [-0.15, -0.1) is 0 Å². The van der Waals surface area contributed by atoms with Crippen LogP contribution in [0.4, 0.5) is 11.4 Å². The third kappa shape index (κ3) is 3.01. The van der Waals surface area contributed by atoms with Gasteiger partial charge in [-0.1, -0.05) is 0 Å². The van der Waals surface area contributed by atoms with Gasteiger partial charge in [-0.3, -0.25) is 14.8 Å². The number of ether oxygens (including phenoxy) is 1. The minimum atomic E-state index is -0.447. The molecule has 0 saturated carbocycles. The van der Waals surface area contributed by atoms with Gasteiger partial charge in [0.05, 0.1) is 30.3 Å². The van der Waals surface area contributed by atoms with Crippen LogP contribution in [0.15, 0.2) is 30.5 Å². The van der Waals surface area contributed by atoms with Gasteiger partial charge in [-0.25, -0.2) is 0 Å². The maximum atomic E-state index is 10.8. The van der Waals surface area contributed by atoms with E-state index in [1.807, 2.05) is 13.1 Å². The highest BCUT2D eigenvalue weighted by molar-refractivity contribution is 5.56. The molecule has 0 aliphatic heterocycles. The van der Waals surface area contributed by atoms with Gasteiger partial charge >= 0.3 is 0 Å². The van der Waals surface area contributed by atoms with Crippen molar-refractivity contribution in [2.75, 3.05) is 12.4 Å². The summed E-state index contributed by atoms with van der Waals surface area (Å²) in [6.45, 7) is 0.529. The molecule has 1 N–H and O–H groups in total. The Kier molecular flexibility index (Phi) is 3.65. The SMILES string of the molecule is COc1cc(NCc2ccnn2C)cc([N+](=O)[O-])c1. The second-order valence-electron chi connectivity index (χ2n) is 3.98. The minimum absolute atomic E-state index is 0.00754. The van der Waals surface area contributed by atoms with E-state index < -0.39 is 4.92 Å². The van der Waals surface area contributed by atoms with Crippen molar-refractivity contribution >= 4 is 11.4 Å². The Bertz CT molecular complexity index is 594. The number of aryl methyl sites for hydroxylation is 1. The topological polar surface area (TPSA) is 82.2 Å². The third-order valence-corrected chi connectivity index (χ3v) is 2.73. The lowest BCUT2D eigenvalue weighted by Crippen LogP contribution is -2.05. The first kappa shape index (κ1) is 12.9. The molecule has 0 unspecified atom stereocenters. The van der Waals surface area contributed by atoms with Crippen molar-refractivity contribution in [1.82, 2.24) is 9.78 Å². The van der Waals surface area contributed by atoms with Crippen LogP contribution in [0, 0.1) is 10.1 Å². The van der Waals surface area contributed by atoms with Gasteiger partial charge < -0.3 is 10.1 Å². The Labute approximate surface area is 110 Å². The summed E-state index contributed by atoms with van der Waals surface area (Å²) in [6.07, 6.45) is 1.70. The highest BCUT2D eigenvalue weighted by atomic mass is 16.6. The van der Waals surface area contributed by atoms with Crippen molar-refractivity contribution in [1.29, 1.82) is 0 Å². The van der Waals surface area contributed by atoms with Crippen molar-refractivity contribution in [2.24, 2.45) is 7.05 Å². The van der Waals surface area contributed by atoms with Gasteiger partial charge in [0.25, 0.3) is 5.69 Å². The first-order valence-electron chi connectivity index (χ1n) is 5.64. The maximum absolute atomic E-state index is 10.8. The van der Waals surface area contributed by atoms with Gasteiger partial charge in [0.1, 0.15) is 5.75 Å². The number of nitro groups is 1. The van der Waals surface area contributed by atoms with Crippen molar-refractivity contribution in [2.45, 2.75) is 6.54 Å². The lowest BCUT2D eigenvalue weighted by molar-refractivity contribution is -0.384. The zero-order valence-electron chi connectivity index (χ0n) is 10.7. The first-order chi connectivity index (χ1) is 9.10. The molecule has 0 bridgehead atoms. The lowest BCUT2D eigenvalue weighted by Gasteiger charge is -2.08. The Hall–Kier alpha value is -2.57. The van der Waals surface area contributed by atoms with Gasteiger partial charge in [-0.05, 0) is 6.07 Å². The number of nitro benzene ring substituents is 1. The van der Waals surface area contributed by atoms with E-state index in [-0.39, 0.29) is 5.69 Å². The van der Waals surface area contributed by atoms with Crippen LogP contribution in [0.5, 0.6) is 5.75 Å². The van der Waals surface area contributed by atoms with Crippen LogP contribution in [0.3, 0.4) is 0 Å². The minimum Gasteiger partial charge on any atom is -0.496 e. The van der Waals surface area contributed by atoms with Crippen molar-refractivity contribution < 1.29 is 9.66 Å². The third-order valence-electron chi connectivity index (χ3n) is 2.73. The van der Waals surface area contributed by atoms with Gasteiger partial charge in [0.15, 0.2) is 0 Å². The number of methoxy groups -OCH3 is 1. The summed E-state index contributed by atoms with van der Waals surface area (Å²) in [4.78, 5) is 10.4. The molecule has 0 aliphatic rings. The average molecular weight is 262 g/mol. The smallest absolute Gasteiger partial charge is 0.275 e. The molecule has 0 spiro atoms. The Morgan fingerprint density at radius 2 is 2.26 bits per heavy atom. The second kappa shape index (κ2) is 5.38. The van der Waals surface area contributed by atoms with Gasteiger partial charge in [0, 0.05) is 31.1 Å². The van der Waals surface area contributed by atoms with Crippen molar-refractivity contribution in [3.05, 3.63) is 46.3 Å². The molecule has 0 atom stereocenters. The van der Waals surface area contributed by atoms with Crippen LogP contribution >= 0.6 is 0 Å². The monoisotopic (exact) mass is 262 g/mol. The predicted octanol–water partition coefficient (Wildman–Crippen LogP) is 1.95. The molecule has 0 saturated heterocycles. The van der Waals surface area contributed by atoms with E-state index in [2.05, 4.69) is 10.4 Å². The van der Waals surface area contributed by atoms with Crippen molar-refractivity contribution in [3.63, 3.8) is 0 Å². The van der Waals surface area contributed by atoms with Crippen molar-refractivity contribution in [3.8, 4) is 5.75 Å². The molecular weight excluding hydrogens is 248 g/mol. The number of aromatic nitrogens is 2. The molecular formula is C12H14N4O3. The van der Waals surface area contributed by atoms with E-state index in [1.54, 1.807) is 16.9 Å². The molecule has 0 amide bonds. The Morgan fingerprint density at radius 1 is 1.47 bits per heavy atom. The quantitative estimate of drug-likeness (QED) is 0.657. The second-order valence-corrected chi connectivity index (χ2v) is 3.98. The maximum Gasteiger partial charge on any atom is 0.275 e. The number of nitrogens with zero attached hydrogens (tertiary/aromatic N) is 3. The Morgan fingerprint density at radius 3 is 2.84 bits per heavy atom. The molecule has 0 radical (unpaired) electrons. The normalized spacial score (nSPS) is 10.2. The van der Waals surface area contributed by atoms with Crippen LogP contribution in [0.25, 0.3) is 0 Å². The number of nitrogens with one attached hydrogen (secondary N) is 1. The summed E-state index contributed by atoms with van der Waals surface area (Å²) < 4.78 is 6.78. The predicted molar refractivity (Wildman–Crippen MR) is 70.2 cm³/mol. The van der Waals surface area contributed by atoms with Crippen LogP contribution in [0.1, 0.15) is 5.69 Å². The number of hydrogen-bond donors (Lipinski definition) is 1. The molecule has 19 heavy (non-hydrogen) atoms. The molecule has 2 rings (SSSR count). The van der Waals surface area contributed by atoms with E-state index in [0.717, 1.165) is 5.69 Å². The van der Waals surface area contributed by atoms with Gasteiger partial charge in [-0.2, -0.15) is 5.10 Å². The molecule has 1 aromatic heterocycles. The number of anilines is 1. The fourth-order valence-corrected chi connectivity index (χ4v) is 1.68. The summed E-state index contributed by atoms with van der Waals surface area (Å²) >= 11 is 0. The summed E-state index contributed by atoms with van der Waals surface area (Å²) in [5.74, 6) is 0.446. The highest BCUT2D eigenvalue weighted by Crippen LogP contribution is 2.26. The number of rotatable bonds is 5. The molecule has 1 aromatic carbocycles. The standard InChI is InChI=1S/C12H14N4O3/c1-15-10(3-4-14-15)8-13-9-5-11(16(17)18)7-12(6-9)19-2/h3-7,13H,8H2,1-2H3. The Balaban J connectivity index is 2.17. The molecule has 1 heterocycles. The molecule has 7 heteroatoms. The van der Waals surface area contributed by atoms with E-state index in [0.29, 0.717) is 18.0 Å². The van der Waals surface area contributed by atoms with Crippen LogP contribution in [-0.2, 0) is 13.6 Å². The average Bonchev–Trinajstić information content (AvgIpc) is 2.81. The largest absolute Gasteiger partial charge is 0.496 e. The number of hydrogen-bond acceptors (Lipinski definition) is 5.